The quantitative estimate of drug-likeness (QED) is 0.0358. The molecule has 0 saturated carbocycles. The van der Waals surface area contributed by atoms with E-state index in [1.165, 1.54) is 199 Å². The molecule has 0 N–H and O–H groups in total. The van der Waals surface area contributed by atoms with Crippen LogP contribution in [0.3, 0.4) is 0 Å². The van der Waals surface area contributed by atoms with Crippen molar-refractivity contribution in [2.45, 2.75) is 219 Å². The van der Waals surface area contributed by atoms with E-state index >= 15 is 0 Å². The number of hydrogen-bond acceptors (Lipinski definition) is 2. The lowest BCUT2D eigenvalue weighted by atomic mass is 10.1. The van der Waals surface area contributed by atoms with Crippen LogP contribution in [-0.2, 0) is 9.47 Å². The standard InChI is InChI=1S/C45H90NO2.ClH/c1-6-8-10-12-14-16-18-20-22-24-26-28-30-32-34-38-42-47-44-45(40-36-37-41-46(3,4)5)48-43-39-35-33-31-29-27-25-23-21-19-17-15-13-11-9-7-2;/h20-23,45H,6-19,24-44H2,1-5H3;1H/q+1;/p-1/b22-20-,23-21-;. The van der Waals surface area contributed by atoms with Gasteiger partial charge >= 0.3 is 0 Å². The lowest BCUT2D eigenvalue weighted by molar-refractivity contribution is -0.870. The van der Waals surface area contributed by atoms with E-state index in [-0.39, 0.29) is 18.5 Å². The van der Waals surface area contributed by atoms with Crippen LogP contribution in [-0.4, -0.2) is 58.1 Å². The molecule has 1 unspecified atom stereocenters. The summed E-state index contributed by atoms with van der Waals surface area (Å²) in [4.78, 5) is 0. The predicted octanol–water partition coefficient (Wildman–Crippen LogP) is 11.3. The third-order valence-electron chi connectivity index (χ3n) is 9.72. The van der Waals surface area contributed by atoms with Crippen molar-refractivity contribution < 1.29 is 26.4 Å². The summed E-state index contributed by atoms with van der Waals surface area (Å²) in [7, 11) is 6.88. The Morgan fingerprint density at radius 1 is 0.429 bits per heavy atom. The molecular weight excluding hydrogens is 622 g/mol. The Hall–Kier alpha value is -0.350. The monoisotopic (exact) mass is 712 g/mol. The molecule has 0 fully saturated rings. The van der Waals surface area contributed by atoms with Crippen LogP contribution in [0.15, 0.2) is 24.3 Å². The number of rotatable bonds is 40. The lowest BCUT2D eigenvalue weighted by Gasteiger charge is -2.24. The van der Waals surface area contributed by atoms with Gasteiger partial charge in [0.1, 0.15) is 0 Å². The maximum absolute atomic E-state index is 6.38. The van der Waals surface area contributed by atoms with Crippen molar-refractivity contribution in [3.8, 4) is 0 Å². The van der Waals surface area contributed by atoms with Gasteiger partial charge in [0.2, 0.25) is 0 Å². The van der Waals surface area contributed by atoms with Gasteiger partial charge in [-0.3, -0.25) is 0 Å². The van der Waals surface area contributed by atoms with Crippen molar-refractivity contribution in [3.63, 3.8) is 0 Å². The molecule has 49 heavy (non-hydrogen) atoms. The summed E-state index contributed by atoms with van der Waals surface area (Å²) in [6.45, 7) is 8.40. The van der Waals surface area contributed by atoms with Crippen LogP contribution >= 0.6 is 0 Å². The normalized spacial score (nSPS) is 12.8. The van der Waals surface area contributed by atoms with Crippen LogP contribution in [0.25, 0.3) is 0 Å². The second kappa shape index (κ2) is 42.1. The van der Waals surface area contributed by atoms with Gasteiger partial charge in [0.15, 0.2) is 0 Å². The number of hydrogen-bond donors (Lipinski definition) is 0. The third kappa shape index (κ3) is 45.6. The summed E-state index contributed by atoms with van der Waals surface area (Å²) in [6.07, 6.45) is 51.5. The molecule has 294 valence electrons. The number of halogens is 1. The fourth-order valence-corrected chi connectivity index (χ4v) is 6.44. The number of allylic oxidation sites excluding steroid dienone is 4. The number of ether oxygens (including phenoxy) is 2. The first kappa shape index (κ1) is 50.8. The van der Waals surface area contributed by atoms with Crippen LogP contribution in [0.2, 0.25) is 0 Å². The minimum atomic E-state index is 0. The van der Waals surface area contributed by atoms with Gasteiger partial charge in [-0.1, -0.05) is 154 Å². The topological polar surface area (TPSA) is 18.5 Å². The lowest BCUT2D eigenvalue weighted by Crippen LogP contribution is -3.00. The number of quaternary nitrogens is 1. The zero-order chi connectivity index (χ0) is 35.1. The Labute approximate surface area is 316 Å². The molecule has 3 nitrogen and oxygen atoms in total. The molecule has 1 atom stereocenters. The van der Waals surface area contributed by atoms with Crippen LogP contribution in [0, 0.1) is 0 Å². The molecular formula is C45H90ClNO2. The van der Waals surface area contributed by atoms with E-state index in [1.807, 2.05) is 0 Å². The van der Waals surface area contributed by atoms with Gasteiger partial charge < -0.3 is 26.4 Å². The minimum absolute atomic E-state index is 0. The maximum atomic E-state index is 6.38. The number of nitrogens with zero attached hydrogens (tertiary/aromatic N) is 1. The van der Waals surface area contributed by atoms with Gasteiger partial charge in [-0.2, -0.15) is 0 Å². The summed E-state index contributed by atoms with van der Waals surface area (Å²) in [5.74, 6) is 0. The molecule has 4 heteroatoms. The molecule has 0 aromatic carbocycles. The fourth-order valence-electron chi connectivity index (χ4n) is 6.44. The summed E-state index contributed by atoms with van der Waals surface area (Å²) >= 11 is 0. The van der Waals surface area contributed by atoms with Gasteiger partial charge in [-0.05, 0) is 83.5 Å². The van der Waals surface area contributed by atoms with Crippen LogP contribution in [0.5, 0.6) is 0 Å². The molecule has 0 amide bonds. The molecule has 0 heterocycles. The van der Waals surface area contributed by atoms with E-state index < -0.39 is 0 Å². The molecule has 0 aromatic rings. The Morgan fingerprint density at radius 3 is 1.20 bits per heavy atom. The summed E-state index contributed by atoms with van der Waals surface area (Å²) in [5.41, 5.74) is 0. The number of unbranched alkanes of at least 4 members (excludes halogenated alkanes) is 25. The van der Waals surface area contributed by atoms with Crippen molar-refractivity contribution >= 4 is 0 Å². The Morgan fingerprint density at radius 2 is 0.796 bits per heavy atom. The molecule has 0 aromatic heterocycles. The van der Waals surface area contributed by atoms with Gasteiger partial charge in [-0.15, -0.1) is 0 Å². The van der Waals surface area contributed by atoms with E-state index in [0.29, 0.717) is 0 Å². The molecule has 0 aliphatic rings. The SMILES string of the molecule is CCCCCCCC/C=C\CCCCCCCCOCC(CCCC[N+](C)(C)C)OCCCCCCCC/C=C\CCCCCCCC.[Cl-]. The first-order valence-electron chi connectivity index (χ1n) is 21.8. The van der Waals surface area contributed by atoms with Gasteiger partial charge in [0.25, 0.3) is 0 Å². The van der Waals surface area contributed by atoms with Crippen molar-refractivity contribution in [3.05, 3.63) is 24.3 Å². The largest absolute Gasteiger partial charge is 1.00 e. The molecule has 0 aliphatic carbocycles. The third-order valence-corrected chi connectivity index (χ3v) is 9.72. The summed E-state index contributed by atoms with van der Waals surface area (Å²) in [5, 5.41) is 0. The Kier molecular flexibility index (Phi) is 43.6. The average Bonchev–Trinajstić information content (AvgIpc) is 3.06. The highest BCUT2D eigenvalue weighted by atomic mass is 35.5. The van der Waals surface area contributed by atoms with Crippen LogP contribution in [0.1, 0.15) is 213 Å². The van der Waals surface area contributed by atoms with Crippen molar-refractivity contribution in [1.29, 1.82) is 0 Å². The van der Waals surface area contributed by atoms with E-state index in [2.05, 4.69) is 59.3 Å². The van der Waals surface area contributed by atoms with Crippen molar-refractivity contribution in [2.24, 2.45) is 0 Å². The van der Waals surface area contributed by atoms with Crippen molar-refractivity contribution in [1.82, 2.24) is 0 Å². The van der Waals surface area contributed by atoms with Gasteiger partial charge in [0.05, 0.1) is 40.4 Å². The average molecular weight is 713 g/mol. The molecule has 0 bridgehead atoms. The summed E-state index contributed by atoms with van der Waals surface area (Å²) < 4.78 is 13.6. The zero-order valence-electron chi connectivity index (χ0n) is 34.3. The summed E-state index contributed by atoms with van der Waals surface area (Å²) in [6, 6.07) is 0. The highest BCUT2D eigenvalue weighted by Gasteiger charge is 2.12. The molecule has 0 rings (SSSR count). The molecule has 0 aliphatic heterocycles. The van der Waals surface area contributed by atoms with Crippen molar-refractivity contribution in [2.75, 3.05) is 47.5 Å². The van der Waals surface area contributed by atoms with Gasteiger partial charge in [-0.25, -0.2) is 0 Å². The maximum Gasteiger partial charge on any atom is 0.0808 e. The first-order valence-corrected chi connectivity index (χ1v) is 21.8. The smallest absolute Gasteiger partial charge is 0.0808 e. The van der Waals surface area contributed by atoms with Crippen LogP contribution in [0.4, 0.5) is 0 Å². The second-order valence-corrected chi connectivity index (χ2v) is 16.0. The van der Waals surface area contributed by atoms with E-state index in [0.717, 1.165) is 30.7 Å². The molecule has 0 radical (unpaired) electrons. The second-order valence-electron chi connectivity index (χ2n) is 16.0. The van der Waals surface area contributed by atoms with E-state index in [1.54, 1.807) is 0 Å². The molecule has 0 saturated heterocycles. The highest BCUT2D eigenvalue weighted by Crippen LogP contribution is 2.14. The van der Waals surface area contributed by atoms with E-state index in [4.69, 9.17) is 9.47 Å². The van der Waals surface area contributed by atoms with Crippen LogP contribution < -0.4 is 12.4 Å². The highest BCUT2D eigenvalue weighted by molar-refractivity contribution is 4.82. The Bertz CT molecular complexity index is 659. The van der Waals surface area contributed by atoms with Gasteiger partial charge in [0, 0.05) is 13.2 Å². The van der Waals surface area contributed by atoms with E-state index in [9.17, 15) is 0 Å². The first-order chi connectivity index (χ1) is 23.5. The minimum Gasteiger partial charge on any atom is -1.00 e. The molecule has 0 spiro atoms. The zero-order valence-corrected chi connectivity index (χ0v) is 35.0. The Balaban J connectivity index is 0. The predicted molar refractivity (Wildman–Crippen MR) is 216 cm³/mol. The fraction of sp³-hybridized carbons (Fsp3) is 0.911.